The summed E-state index contributed by atoms with van der Waals surface area (Å²) >= 11 is 0. The molecule has 0 aliphatic carbocycles. The van der Waals surface area contributed by atoms with E-state index in [1.165, 1.54) is 18.2 Å². The Morgan fingerprint density at radius 2 is 1.80 bits per heavy atom. The number of rotatable bonds is 7. The van der Waals surface area contributed by atoms with Crippen LogP contribution in [0.15, 0.2) is 48.5 Å². The van der Waals surface area contributed by atoms with Gasteiger partial charge in [0.05, 0.1) is 6.54 Å². The van der Waals surface area contributed by atoms with E-state index in [4.69, 9.17) is 4.74 Å². The van der Waals surface area contributed by atoms with Crippen LogP contribution >= 0.6 is 0 Å². The van der Waals surface area contributed by atoms with Crippen LogP contribution in [0.4, 0.5) is 15.8 Å². The number of hydrogen-bond acceptors (Lipinski definition) is 4. The molecule has 0 unspecified atom stereocenters. The first-order valence-corrected chi connectivity index (χ1v) is 7.66. The van der Waals surface area contributed by atoms with Gasteiger partial charge in [-0.3, -0.25) is 9.59 Å². The van der Waals surface area contributed by atoms with Crippen LogP contribution in [0.2, 0.25) is 0 Å². The van der Waals surface area contributed by atoms with Gasteiger partial charge >= 0.3 is 0 Å². The largest absolute Gasteiger partial charge is 0.484 e. The lowest BCUT2D eigenvalue weighted by atomic mass is 10.2. The Hall–Kier alpha value is -3.09. The lowest BCUT2D eigenvalue weighted by molar-refractivity contribution is -0.125. The smallest absolute Gasteiger partial charge is 0.258 e. The fourth-order valence-electron chi connectivity index (χ4n) is 1.98. The maximum Gasteiger partial charge on any atom is 0.258 e. The lowest BCUT2D eigenvalue weighted by Gasteiger charge is -2.13. The minimum Gasteiger partial charge on any atom is -0.484 e. The van der Waals surface area contributed by atoms with E-state index >= 15 is 0 Å². The summed E-state index contributed by atoms with van der Waals surface area (Å²) in [6.07, 6.45) is 0. The summed E-state index contributed by atoms with van der Waals surface area (Å²) in [7, 11) is 3.85. The molecule has 2 aromatic carbocycles. The van der Waals surface area contributed by atoms with Crippen molar-refractivity contribution in [3.05, 3.63) is 54.3 Å². The third-order valence-corrected chi connectivity index (χ3v) is 3.28. The molecule has 2 amide bonds. The first-order chi connectivity index (χ1) is 11.9. The maximum atomic E-state index is 13.0. The molecule has 2 aromatic rings. The van der Waals surface area contributed by atoms with Crippen LogP contribution in [-0.4, -0.2) is 39.1 Å². The monoisotopic (exact) mass is 345 g/mol. The average Bonchev–Trinajstić information content (AvgIpc) is 2.58. The Labute approximate surface area is 145 Å². The molecule has 25 heavy (non-hydrogen) atoms. The molecule has 0 heterocycles. The molecule has 6 nitrogen and oxygen atoms in total. The van der Waals surface area contributed by atoms with Gasteiger partial charge in [0.1, 0.15) is 11.6 Å². The zero-order valence-corrected chi connectivity index (χ0v) is 14.1. The first-order valence-electron chi connectivity index (χ1n) is 7.66. The van der Waals surface area contributed by atoms with Crippen LogP contribution in [0.25, 0.3) is 0 Å². The minimum atomic E-state index is -0.470. The van der Waals surface area contributed by atoms with E-state index in [0.29, 0.717) is 5.69 Å². The van der Waals surface area contributed by atoms with Crippen LogP contribution in [0.5, 0.6) is 5.75 Å². The predicted octanol–water partition coefficient (Wildman–Crippen LogP) is 2.03. The van der Waals surface area contributed by atoms with E-state index < -0.39 is 11.7 Å². The number of carbonyl (C=O) groups is 2. The van der Waals surface area contributed by atoms with Gasteiger partial charge in [0.15, 0.2) is 6.61 Å². The molecule has 0 fully saturated rings. The molecule has 0 saturated heterocycles. The zero-order valence-electron chi connectivity index (χ0n) is 14.1. The summed E-state index contributed by atoms with van der Waals surface area (Å²) in [5, 5.41) is 5.12. The van der Waals surface area contributed by atoms with Crippen LogP contribution in [0.3, 0.4) is 0 Å². The van der Waals surface area contributed by atoms with E-state index in [2.05, 4.69) is 10.6 Å². The number of hydrogen-bond donors (Lipinski definition) is 2. The summed E-state index contributed by atoms with van der Waals surface area (Å²) in [6, 6.07) is 12.8. The highest BCUT2D eigenvalue weighted by Crippen LogP contribution is 2.15. The molecular formula is C18H20FN3O3. The van der Waals surface area contributed by atoms with Crippen molar-refractivity contribution in [2.75, 3.05) is 37.5 Å². The summed E-state index contributed by atoms with van der Waals surface area (Å²) in [4.78, 5) is 25.4. The molecule has 0 bridgehead atoms. The summed E-state index contributed by atoms with van der Waals surface area (Å²) < 4.78 is 18.1. The maximum absolute atomic E-state index is 13.0. The Kier molecular flexibility index (Phi) is 6.33. The lowest BCUT2D eigenvalue weighted by Crippen LogP contribution is -2.35. The Balaban J connectivity index is 1.72. The SMILES string of the molecule is CN(C)c1ccc(NC(=O)CNC(=O)COc2cccc(F)c2)cc1. The number of anilines is 2. The summed E-state index contributed by atoms with van der Waals surface area (Å²) in [6.45, 7) is -0.477. The van der Waals surface area contributed by atoms with Crippen molar-refractivity contribution < 1.29 is 18.7 Å². The standard InChI is InChI=1S/C18H20FN3O3/c1-22(2)15-8-6-14(7-9-15)21-17(23)11-20-18(24)12-25-16-5-3-4-13(19)10-16/h3-10H,11-12H2,1-2H3,(H,20,24)(H,21,23). The van der Waals surface area contributed by atoms with Gasteiger partial charge in [-0.05, 0) is 36.4 Å². The number of nitrogens with zero attached hydrogens (tertiary/aromatic N) is 1. The molecule has 0 radical (unpaired) electrons. The molecule has 2 N–H and O–H groups in total. The van der Waals surface area contributed by atoms with Crippen molar-refractivity contribution >= 4 is 23.2 Å². The molecule has 0 saturated carbocycles. The van der Waals surface area contributed by atoms with Crippen molar-refractivity contribution in [1.82, 2.24) is 5.32 Å². The second kappa shape index (κ2) is 8.68. The number of ether oxygens (including phenoxy) is 1. The van der Waals surface area contributed by atoms with Crippen LogP contribution < -0.4 is 20.3 Å². The number of carbonyl (C=O) groups excluding carboxylic acids is 2. The second-order valence-corrected chi connectivity index (χ2v) is 5.51. The minimum absolute atomic E-state index is 0.180. The van der Waals surface area contributed by atoms with Crippen molar-refractivity contribution in [2.45, 2.75) is 0 Å². The molecule has 0 atom stereocenters. The Morgan fingerprint density at radius 1 is 1.08 bits per heavy atom. The van der Waals surface area contributed by atoms with Crippen LogP contribution in [0.1, 0.15) is 0 Å². The summed E-state index contributed by atoms with van der Waals surface area (Å²) in [5.74, 6) is -1.02. The average molecular weight is 345 g/mol. The molecule has 0 spiro atoms. The van der Waals surface area contributed by atoms with Crippen LogP contribution in [0, 0.1) is 5.82 Å². The van der Waals surface area contributed by atoms with Crippen molar-refractivity contribution in [2.24, 2.45) is 0 Å². The van der Waals surface area contributed by atoms with Gasteiger partial charge in [-0.2, -0.15) is 0 Å². The predicted molar refractivity (Wildman–Crippen MR) is 94.3 cm³/mol. The highest BCUT2D eigenvalue weighted by molar-refractivity contribution is 5.94. The fourth-order valence-corrected chi connectivity index (χ4v) is 1.98. The quantitative estimate of drug-likeness (QED) is 0.805. The van der Waals surface area contributed by atoms with Gasteiger partial charge in [-0.1, -0.05) is 6.07 Å². The second-order valence-electron chi connectivity index (χ2n) is 5.51. The number of benzene rings is 2. The van der Waals surface area contributed by atoms with E-state index in [1.807, 2.05) is 31.1 Å². The van der Waals surface area contributed by atoms with Gasteiger partial charge in [-0.25, -0.2) is 4.39 Å². The molecule has 0 aliphatic rings. The molecule has 132 valence electrons. The van der Waals surface area contributed by atoms with Gasteiger partial charge in [0, 0.05) is 31.5 Å². The van der Waals surface area contributed by atoms with Crippen LogP contribution in [-0.2, 0) is 9.59 Å². The Bertz CT molecular complexity index is 733. The third kappa shape index (κ3) is 6.14. The van der Waals surface area contributed by atoms with Gasteiger partial charge < -0.3 is 20.3 Å². The fraction of sp³-hybridized carbons (Fsp3) is 0.222. The molecule has 0 aromatic heterocycles. The van der Waals surface area contributed by atoms with E-state index in [9.17, 15) is 14.0 Å². The molecular weight excluding hydrogens is 325 g/mol. The molecule has 0 aliphatic heterocycles. The van der Waals surface area contributed by atoms with Crippen molar-refractivity contribution in [3.8, 4) is 5.75 Å². The van der Waals surface area contributed by atoms with Crippen molar-refractivity contribution in [1.29, 1.82) is 0 Å². The topological polar surface area (TPSA) is 70.7 Å². The van der Waals surface area contributed by atoms with E-state index in [1.54, 1.807) is 18.2 Å². The summed E-state index contributed by atoms with van der Waals surface area (Å²) in [5.41, 5.74) is 1.65. The van der Waals surface area contributed by atoms with E-state index in [-0.39, 0.29) is 24.8 Å². The molecule has 7 heteroatoms. The van der Waals surface area contributed by atoms with Gasteiger partial charge in [0.25, 0.3) is 5.91 Å². The van der Waals surface area contributed by atoms with E-state index in [0.717, 1.165) is 5.69 Å². The normalized spacial score (nSPS) is 10.0. The van der Waals surface area contributed by atoms with Crippen molar-refractivity contribution in [3.63, 3.8) is 0 Å². The zero-order chi connectivity index (χ0) is 18.2. The highest BCUT2D eigenvalue weighted by atomic mass is 19.1. The first kappa shape index (κ1) is 18.3. The number of nitrogens with one attached hydrogen (secondary N) is 2. The molecule has 2 rings (SSSR count). The number of amides is 2. The third-order valence-electron chi connectivity index (χ3n) is 3.28. The highest BCUT2D eigenvalue weighted by Gasteiger charge is 2.07. The number of halogens is 1. The van der Waals surface area contributed by atoms with Gasteiger partial charge in [-0.15, -0.1) is 0 Å². The van der Waals surface area contributed by atoms with Gasteiger partial charge in [0.2, 0.25) is 5.91 Å². The Morgan fingerprint density at radius 3 is 2.44 bits per heavy atom.